The largest absolute Gasteiger partial charge is 0.486 e. The SMILES string of the molecule is CCC(NC(=O)CN1C(=O)CSc2ccccc21)c1ccc2c(c1)OCCO2. The van der Waals surface area contributed by atoms with Crippen LogP contribution >= 0.6 is 11.8 Å². The Labute approximate surface area is 168 Å². The Morgan fingerprint density at radius 2 is 1.96 bits per heavy atom. The molecule has 0 aromatic heterocycles. The van der Waals surface area contributed by atoms with Crippen LogP contribution in [0.25, 0.3) is 0 Å². The molecule has 4 rings (SSSR count). The van der Waals surface area contributed by atoms with Crippen LogP contribution in [0, 0.1) is 0 Å². The molecule has 0 saturated heterocycles. The second-order valence-electron chi connectivity index (χ2n) is 6.67. The minimum absolute atomic E-state index is 0.0114. The average molecular weight is 398 g/mol. The van der Waals surface area contributed by atoms with Gasteiger partial charge in [0.1, 0.15) is 19.8 Å². The highest BCUT2D eigenvalue weighted by molar-refractivity contribution is 8.00. The van der Waals surface area contributed by atoms with Crippen LogP contribution < -0.4 is 19.7 Å². The summed E-state index contributed by atoms with van der Waals surface area (Å²) in [5.41, 5.74) is 1.76. The van der Waals surface area contributed by atoms with Gasteiger partial charge in [-0.2, -0.15) is 0 Å². The number of fused-ring (bicyclic) bond motifs is 2. The van der Waals surface area contributed by atoms with E-state index < -0.39 is 0 Å². The zero-order valence-corrected chi connectivity index (χ0v) is 16.5. The van der Waals surface area contributed by atoms with Crippen LogP contribution in [0.15, 0.2) is 47.4 Å². The van der Waals surface area contributed by atoms with Crippen molar-refractivity contribution in [2.75, 3.05) is 30.4 Å². The van der Waals surface area contributed by atoms with Gasteiger partial charge in [-0.15, -0.1) is 11.8 Å². The summed E-state index contributed by atoms with van der Waals surface area (Å²) >= 11 is 1.51. The molecule has 0 fully saturated rings. The van der Waals surface area contributed by atoms with Gasteiger partial charge in [-0.25, -0.2) is 0 Å². The minimum atomic E-state index is -0.184. The molecule has 2 heterocycles. The molecular formula is C21H22N2O4S. The van der Waals surface area contributed by atoms with Crippen LogP contribution in [-0.2, 0) is 9.59 Å². The predicted octanol–water partition coefficient (Wildman–Crippen LogP) is 3.16. The number of nitrogens with one attached hydrogen (secondary N) is 1. The molecule has 0 spiro atoms. The monoisotopic (exact) mass is 398 g/mol. The highest BCUT2D eigenvalue weighted by Gasteiger charge is 2.27. The van der Waals surface area contributed by atoms with Gasteiger partial charge in [-0.3, -0.25) is 9.59 Å². The molecule has 28 heavy (non-hydrogen) atoms. The summed E-state index contributed by atoms with van der Waals surface area (Å²) in [6.45, 7) is 3.09. The number of rotatable bonds is 5. The number of hydrogen-bond donors (Lipinski definition) is 1. The number of hydrogen-bond acceptors (Lipinski definition) is 5. The molecule has 1 N–H and O–H groups in total. The van der Waals surface area contributed by atoms with E-state index in [1.54, 1.807) is 4.90 Å². The van der Waals surface area contributed by atoms with Crippen molar-refractivity contribution < 1.29 is 19.1 Å². The highest BCUT2D eigenvalue weighted by atomic mass is 32.2. The summed E-state index contributed by atoms with van der Waals surface area (Å²) in [7, 11) is 0. The Morgan fingerprint density at radius 3 is 2.79 bits per heavy atom. The molecule has 7 heteroatoms. The topological polar surface area (TPSA) is 67.9 Å². The van der Waals surface area contributed by atoms with Crippen LogP contribution in [0.1, 0.15) is 24.9 Å². The van der Waals surface area contributed by atoms with Crippen molar-refractivity contribution in [1.29, 1.82) is 0 Å². The fourth-order valence-corrected chi connectivity index (χ4v) is 4.34. The second kappa shape index (κ2) is 8.14. The Hall–Kier alpha value is -2.67. The summed E-state index contributed by atoms with van der Waals surface area (Å²) < 4.78 is 11.2. The third-order valence-corrected chi connectivity index (χ3v) is 5.87. The molecule has 2 aliphatic heterocycles. The van der Waals surface area contributed by atoms with Gasteiger partial charge in [0, 0.05) is 4.90 Å². The number of ether oxygens (including phenoxy) is 2. The molecule has 0 aliphatic carbocycles. The number of para-hydroxylation sites is 1. The lowest BCUT2D eigenvalue weighted by Crippen LogP contribution is -2.44. The molecule has 0 bridgehead atoms. The van der Waals surface area contributed by atoms with E-state index in [2.05, 4.69) is 5.32 Å². The lowest BCUT2D eigenvalue weighted by atomic mass is 10.0. The van der Waals surface area contributed by atoms with Gasteiger partial charge in [0.05, 0.1) is 17.5 Å². The van der Waals surface area contributed by atoms with Crippen LogP contribution in [0.2, 0.25) is 0 Å². The fourth-order valence-electron chi connectivity index (χ4n) is 3.41. The molecular weight excluding hydrogens is 376 g/mol. The first kappa shape index (κ1) is 18.7. The maximum absolute atomic E-state index is 12.7. The number of benzene rings is 2. The predicted molar refractivity (Wildman–Crippen MR) is 108 cm³/mol. The van der Waals surface area contributed by atoms with Crippen LogP contribution in [0.3, 0.4) is 0 Å². The minimum Gasteiger partial charge on any atom is -0.486 e. The van der Waals surface area contributed by atoms with Crippen molar-refractivity contribution in [2.24, 2.45) is 0 Å². The van der Waals surface area contributed by atoms with Crippen molar-refractivity contribution >= 4 is 29.3 Å². The summed E-state index contributed by atoms with van der Waals surface area (Å²) in [5.74, 6) is 1.55. The van der Waals surface area contributed by atoms with Crippen LogP contribution in [0.4, 0.5) is 5.69 Å². The van der Waals surface area contributed by atoms with Crippen LogP contribution in [0.5, 0.6) is 11.5 Å². The van der Waals surface area contributed by atoms with E-state index in [-0.39, 0.29) is 24.4 Å². The fraction of sp³-hybridized carbons (Fsp3) is 0.333. The lowest BCUT2D eigenvalue weighted by molar-refractivity contribution is -0.123. The smallest absolute Gasteiger partial charge is 0.240 e. The molecule has 6 nitrogen and oxygen atoms in total. The van der Waals surface area contributed by atoms with Gasteiger partial charge in [0.15, 0.2) is 11.5 Å². The zero-order valence-electron chi connectivity index (χ0n) is 15.6. The van der Waals surface area contributed by atoms with Crippen molar-refractivity contribution in [3.8, 4) is 11.5 Å². The number of anilines is 1. The number of amides is 2. The first-order valence-corrected chi connectivity index (χ1v) is 10.4. The van der Waals surface area contributed by atoms with Gasteiger partial charge in [0.25, 0.3) is 0 Å². The summed E-state index contributed by atoms with van der Waals surface area (Å²) in [6, 6.07) is 13.3. The van der Waals surface area contributed by atoms with Gasteiger partial charge >= 0.3 is 0 Å². The second-order valence-corrected chi connectivity index (χ2v) is 7.68. The summed E-state index contributed by atoms with van der Waals surface area (Å²) in [5, 5.41) is 3.05. The molecule has 0 saturated carbocycles. The number of carbonyl (C=O) groups excluding carboxylic acids is 2. The van der Waals surface area contributed by atoms with Gasteiger partial charge < -0.3 is 19.7 Å². The van der Waals surface area contributed by atoms with Gasteiger partial charge in [0.2, 0.25) is 11.8 Å². The quantitative estimate of drug-likeness (QED) is 0.838. The molecule has 2 aliphatic rings. The summed E-state index contributed by atoms with van der Waals surface area (Å²) in [4.78, 5) is 27.7. The molecule has 2 amide bonds. The summed E-state index contributed by atoms with van der Waals surface area (Å²) in [6.07, 6.45) is 0.728. The van der Waals surface area contributed by atoms with Crippen molar-refractivity contribution in [3.05, 3.63) is 48.0 Å². The van der Waals surface area contributed by atoms with E-state index >= 15 is 0 Å². The first-order valence-electron chi connectivity index (χ1n) is 9.37. The maximum Gasteiger partial charge on any atom is 0.240 e. The Kier molecular flexibility index (Phi) is 5.43. The van der Waals surface area contributed by atoms with E-state index in [9.17, 15) is 9.59 Å². The van der Waals surface area contributed by atoms with Gasteiger partial charge in [-0.1, -0.05) is 25.1 Å². The number of thioether (sulfide) groups is 1. The molecule has 2 aromatic rings. The van der Waals surface area contributed by atoms with E-state index in [1.807, 2.05) is 49.4 Å². The van der Waals surface area contributed by atoms with Crippen molar-refractivity contribution in [3.63, 3.8) is 0 Å². The standard InChI is InChI=1S/C21H22N2O4S/c1-2-15(14-7-8-17-18(11-14)27-10-9-26-17)22-20(24)12-23-16-5-3-4-6-19(16)28-13-21(23)25/h3-8,11,15H,2,9-10,12-13H2,1H3,(H,22,24). The number of nitrogens with zero attached hydrogens (tertiary/aromatic N) is 1. The maximum atomic E-state index is 12.7. The molecule has 0 radical (unpaired) electrons. The normalized spacial score (nSPS) is 16.3. The number of carbonyl (C=O) groups is 2. The zero-order chi connectivity index (χ0) is 19.5. The Morgan fingerprint density at radius 1 is 1.18 bits per heavy atom. The third-order valence-electron chi connectivity index (χ3n) is 4.82. The molecule has 1 unspecified atom stereocenters. The molecule has 2 aromatic carbocycles. The lowest BCUT2D eigenvalue weighted by Gasteiger charge is -2.29. The van der Waals surface area contributed by atoms with Gasteiger partial charge in [-0.05, 0) is 36.2 Å². The first-order chi connectivity index (χ1) is 13.7. The highest BCUT2D eigenvalue weighted by Crippen LogP contribution is 2.35. The average Bonchev–Trinajstić information content (AvgIpc) is 2.73. The molecule has 1 atom stereocenters. The van der Waals surface area contributed by atoms with E-state index in [4.69, 9.17) is 9.47 Å². The van der Waals surface area contributed by atoms with Crippen LogP contribution in [-0.4, -0.2) is 37.3 Å². The van der Waals surface area contributed by atoms with Crippen molar-refractivity contribution in [2.45, 2.75) is 24.3 Å². The Balaban J connectivity index is 1.47. The van der Waals surface area contributed by atoms with E-state index in [0.29, 0.717) is 24.7 Å². The Bertz CT molecular complexity index is 902. The van der Waals surface area contributed by atoms with Crippen molar-refractivity contribution in [1.82, 2.24) is 5.32 Å². The third kappa shape index (κ3) is 3.80. The molecule has 146 valence electrons. The van der Waals surface area contributed by atoms with E-state index in [0.717, 1.165) is 28.3 Å². The van der Waals surface area contributed by atoms with E-state index in [1.165, 1.54) is 11.8 Å².